The third-order valence-corrected chi connectivity index (χ3v) is 8.90. The maximum atomic E-state index is 14.0. The molecular formula is C38H40F3N8O3+. The van der Waals surface area contributed by atoms with Crippen molar-refractivity contribution in [1.29, 1.82) is 5.26 Å². The summed E-state index contributed by atoms with van der Waals surface area (Å²) in [4.78, 5) is 43.1. The van der Waals surface area contributed by atoms with Gasteiger partial charge < -0.3 is 14.7 Å². The number of carbonyl (C=O) groups excluding carboxylic acids is 2. The molecule has 5 aromatic rings. The first-order chi connectivity index (χ1) is 24.7. The van der Waals surface area contributed by atoms with Crippen molar-refractivity contribution in [2.75, 3.05) is 40.3 Å². The average Bonchev–Trinajstić information content (AvgIpc) is 3.65. The summed E-state index contributed by atoms with van der Waals surface area (Å²) >= 11 is 0. The van der Waals surface area contributed by atoms with Gasteiger partial charge in [-0.1, -0.05) is 42.5 Å². The molecule has 1 unspecified atom stereocenters. The lowest BCUT2D eigenvalue weighted by molar-refractivity contribution is -0.888. The molecule has 270 valence electrons. The highest BCUT2D eigenvalue weighted by Gasteiger charge is 2.34. The molecule has 3 aromatic carbocycles. The highest BCUT2D eigenvalue weighted by atomic mass is 19.4. The van der Waals surface area contributed by atoms with E-state index < -0.39 is 29.2 Å². The van der Waals surface area contributed by atoms with Crippen LogP contribution in [0.1, 0.15) is 34.8 Å². The fourth-order valence-corrected chi connectivity index (χ4v) is 6.09. The Morgan fingerprint density at radius 2 is 1.58 bits per heavy atom. The summed E-state index contributed by atoms with van der Waals surface area (Å²) in [5.41, 5.74) is -1.06. The van der Waals surface area contributed by atoms with Gasteiger partial charge in [0.15, 0.2) is 0 Å². The number of halogens is 3. The van der Waals surface area contributed by atoms with Gasteiger partial charge in [-0.3, -0.25) is 19.1 Å². The minimum Gasteiger partial charge on any atom is -0.340 e. The topological polar surface area (TPSA) is 118 Å². The van der Waals surface area contributed by atoms with E-state index in [9.17, 15) is 32.8 Å². The van der Waals surface area contributed by atoms with Crippen LogP contribution in [0.25, 0.3) is 22.8 Å². The molecule has 3 heterocycles. The predicted octanol–water partition coefficient (Wildman–Crippen LogP) is 5.03. The van der Waals surface area contributed by atoms with Crippen LogP contribution in [-0.2, 0) is 18.0 Å². The largest absolute Gasteiger partial charge is 0.416 e. The number of nitrogens with zero attached hydrogens (tertiary/aromatic N) is 7. The van der Waals surface area contributed by atoms with Crippen molar-refractivity contribution < 1.29 is 27.2 Å². The molecule has 2 aromatic heterocycles. The lowest BCUT2D eigenvalue weighted by atomic mass is 10.1. The zero-order chi connectivity index (χ0) is 37.6. The standard InChI is InChI=1S/C32H33F3N8O3.C6H6/c1-21(30(45)40-15-6-17-43(3,4)18-16-40)38-29(44)27-28(26-13-14-37-41(26)24-11-9-22(20-36)10-12-24)39(2)42(31(27)46)25-8-5-7-23(19-25)32(33,34)35;1-2-4-6-5-3-1/h5,7-14,19,21H,6,15-18H2,1-4H3;1-6H/p+1. The Hall–Kier alpha value is -5.94. The quantitative estimate of drug-likeness (QED) is 0.248. The van der Waals surface area contributed by atoms with Crippen molar-refractivity contribution in [3.8, 4) is 28.8 Å². The Balaban J connectivity index is 0.000000790. The van der Waals surface area contributed by atoms with E-state index in [0.29, 0.717) is 24.3 Å². The first kappa shape index (κ1) is 37.3. The number of carbonyl (C=O) groups is 2. The van der Waals surface area contributed by atoms with E-state index >= 15 is 0 Å². The van der Waals surface area contributed by atoms with Crippen LogP contribution in [-0.4, -0.2) is 86.7 Å². The number of nitrogens with one attached hydrogen (secondary N) is 1. The van der Waals surface area contributed by atoms with E-state index in [-0.39, 0.29) is 28.5 Å². The van der Waals surface area contributed by atoms with E-state index in [1.807, 2.05) is 42.5 Å². The maximum Gasteiger partial charge on any atom is 0.416 e. The lowest BCUT2D eigenvalue weighted by Crippen LogP contribution is -2.49. The zero-order valence-corrected chi connectivity index (χ0v) is 29.3. The summed E-state index contributed by atoms with van der Waals surface area (Å²) < 4.78 is 45.4. The summed E-state index contributed by atoms with van der Waals surface area (Å²) in [5.74, 6) is -1.16. The van der Waals surface area contributed by atoms with Gasteiger partial charge in [0.05, 0.1) is 74.2 Å². The van der Waals surface area contributed by atoms with Crippen LogP contribution in [0, 0.1) is 11.3 Å². The van der Waals surface area contributed by atoms with E-state index in [1.165, 1.54) is 34.7 Å². The molecule has 0 bridgehead atoms. The third kappa shape index (κ3) is 8.33. The van der Waals surface area contributed by atoms with Crippen LogP contribution in [0.3, 0.4) is 0 Å². The van der Waals surface area contributed by atoms with E-state index in [4.69, 9.17) is 0 Å². The molecule has 0 aliphatic carbocycles. The van der Waals surface area contributed by atoms with Gasteiger partial charge in [-0.2, -0.15) is 23.5 Å². The molecular weight excluding hydrogens is 673 g/mol. The average molecular weight is 714 g/mol. The molecule has 1 saturated heterocycles. The molecule has 0 spiro atoms. The number of quaternary nitrogens is 1. The number of benzene rings is 3. The summed E-state index contributed by atoms with van der Waals surface area (Å²) in [6.45, 7) is 4.23. The van der Waals surface area contributed by atoms with Crippen molar-refractivity contribution in [2.24, 2.45) is 7.05 Å². The van der Waals surface area contributed by atoms with Crippen LogP contribution in [0.5, 0.6) is 0 Å². The Bertz CT molecular complexity index is 2100. The number of aromatic nitrogens is 4. The second kappa shape index (κ2) is 15.5. The molecule has 1 fully saturated rings. The van der Waals surface area contributed by atoms with Crippen LogP contribution in [0.15, 0.2) is 102 Å². The van der Waals surface area contributed by atoms with Crippen molar-refractivity contribution in [3.05, 3.63) is 124 Å². The summed E-state index contributed by atoms with van der Waals surface area (Å²) in [6, 6.07) is 25.3. The third-order valence-electron chi connectivity index (χ3n) is 8.90. The van der Waals surface area contributed by atoms with Crippen LogP contribution in [0.4, 0.5) is 13.2 Å². The Morgan fingerprint density at radius 3 is 2.19 bits per heavy atom. The van der Waals surface area contributed by atoms with Gasteiger partial charge in [0.1, 0.15) is 17.3 Å². The summed E-state index contributed by atoms with van der Waals surface area (Å²) in [7, 11) is 5.64. The molecule has 1 aliphatic heterocycles. The fraction of sp³-hybridized carbons (Fsp3) is 0.289. The predicted molar refractivity (Wildman–Crippen MR) is 190 cm³/mol. The minimum atomic E-state index is -4.67. The van der Waals surface area contributed by atoms with Gasteiger partial charge in [-0.05, 0) is 55.5 Å². The Labute approximate surface area is 299 Å². The number of hydrogen-bond acceptors (Lipinski definition) is 5. The van der Waals surface area contributed by atoms with Crippen molar-refractivity contribution in [1.82, 2.24) is 29.4 Å². The van der Waals surface area contributed by atoms with Crippen LogP contribution < -0.4 is 10.9 Å². The number of nitriles is 1. The second-order valence-corrected chi connectivity index (χ2v) is 13.1. The number of amides is 2. The molecule has 2 amide bonds. The molecule has 1 N–H and O–H groups in total. The zero-order valence-electron chi connectivity index (χ0n) is 29.3. The maximum absolute atomic E-state index is 14.0. The Morgan fingerprint density at radius 1 is 0.923 bits per heavy atom. The van der Waals surface area contributed by atoms with Gasteiger partial charge in [-0.15, -0.1) is 0 Å². The minimum absolute atomic E-state index is 0.0650. The summed E-state index contributed by atoms with van der Waals surface area (Å²) in [5, 5.41) is 16.2. The highest BCUT2D eigenvalue weighted by molar-refractivity contribution is 6.02. The van der Waals surface area contributed by atoms with E-state index in [0.717, 1.165) is 40.8 Å². The molecule has 6 rings (SSSR count). The molecule has 1 atom stereocenters. The van der Waals surface area contributed by atoms with Gasteiger partial charge in [0.25, 0.3) is 11.5 Å². The van der Waals surface area contributed by atoms with Crippen LogP contribution in [0.2, 0.25) is 0 Å². The highest BCUT2D eigenvalue weighted by Crippen LogP contribution is 2.31. The normalized spacial score (nSPS) is 14.7. The number of hydrogen-bond donors (Lipinski definition) is 1. The second-order valence-electron chi connectivity index (χ2n) is 13.1. The van der Waals surface area contributed by atoms with E-state index in [1.54, 1.807) is 42.2 Å². The first-order valence-electron chi connectivity index (χ1n) is 16.7. The molecule has 0 radical (unpaired) electrons. The van der Waals surface area contributed by atoms with Crippen molar-refractivity contribution in [2.45, 2.75) is 25.6 Å². The molecule has 1 aliphatic rings. The smallest absolute Gasteiger partial charge is 0.340 e. The number of likely N-dealkylation sites (N-methyl/N-ethyl adjacent to an activating group) is 1. The van der Waals surface area contributed by atoms with Crippen molar-refractivity contribution in [3.63, 3.8) is 0 Å². The molecule has 0 saturated carbocycles. The monoisotopic (exact) mass is 713 g/mol. The SMILES string of the molecule is CC(NC(=O)c1c(-c2ccnn2-c2ccc(C#N)cc2)n(C)n(-c2cccc(C(F)(F)F)c2)c1=O)C(=O)N1CCC[N+](C)(C)CC1.c1ccccc1. The lowest BCUT2D eigenvalue weighted by Gasteiger charge is -2.28. The number of rotatable bonds is 6. The first-order valence-corrected chi connectivity index (χ1v) is 16.7. The van der Waals surface area contributed by atoms with Gasteiger partial charge in [0, 0.05) is 20.0 Å². The molecule has 52 heavy (non-hydrogen) atoms. The number of alkyl halides is 3. The van der Waals surface area contributed by atoms with Crippen molar-refractivity contribution >= 4 is 11.8 Å². The fourth-order valence-electron chi connectivity index (χ4n) is 6.09. The van der Waals surface area contributed by atoms with E-state index in [2.05, 4.69) is 24.5 Å². The Kier molecular flexibility index (Phi) is 11.1. The molecule has 14 heteroatoms. The van der Waals surface area contributed by atoms with Gasteiger partial charge in [-0.25, -0.2) is 9.36 Å². The summed E-state index contributed by atoms with van der Waals surface area (Å²) in [6.07, 6.45) is -2.42. The van der Waals surface area contributed by atoms with Gasteiger partial charge >= 0.3 is 6.18 Å². The van der Waals surface area contributed by atoms with Crippen LogP contribution >= 0.6 is 0 Å². The van der Waals surface area contributed by atoms with Gasteiger partial charge in [0.2, 0.25) is 5.91 Å². The molecule has 11 nitrogen and oxygen atoms in total.